The van der Waals surface area contributed by atoms with Gasteiger partial charge in [-0.05, 0) is 32.5 Å². The molecule has 17 heavy (non-hydrogen) atoms. The summed E-state index contributed by atoms with van der Waals surface area (Å²) < 4.78 is 0. The van der Waals surface area contributed by atoms with Gasteiger partial charge in [-0.1, -0.05) is 26.3 Å². The lowest BCUT2D eigenvalue weighted by Gasteiger charge is -2.21. The summed E-state index contributed by atoms with van der Waals surface area (Å²) in [7, 11) is 0. The van der Waals surface area contributed by atoms with Crippen LogP contribution in [-0.2, 0) is 6.54 Å². The number of hydrogen-bond donors (Lipinski definition) is 1. The first-order valence-electron chi connectivity index (χ1n) is 6.71. The monoisotopic (exact) mass is 235 g/mol. The number of anilines is 1. The Balaban J connectivity index is 2.64. The third-order valence-electron chi connectivity index (χ3n) is 2.90. The molecule has 1 heterocycles. The molecule has 0 saturated carbocycles. The Bertz CT molecular complexity index is 312. The van der Waals surface area contributed by atoms with Crippen LogP contribution in [0.25, 0.3) is 0 Å². The van der Waals surface area contributed by atoms with Gasteiger partial charge in [-0.25, -0.2) is 4.98 Å². The van der Waals surface area contributed by atoms with Crippen LogP contribution in [0.3, 0.4) is 0 Å². The van der Waals surface area contributed by atoms with Gasteiger partial charge < -0.3 is 5.32 Å². The Morgan fingerprint density at radius 3 is 2.76 bits per heavy atom. The van der Waals surface area contributed by atoms with E-state index in [9.17, 15) is 0 Å². The maximum atomic E-state index is 4.40. The van der Waals surface area contributed by atoms with Crippen molar-refractivity contribution in [3.8, 4) is 0 Å². The van der Waals surface area contributed by atoms with Crippen molar-refractivity contribution in [1.82, 2.24) is 9.88 Å². The quantitative estimate of drug-likeness (QED) is 0.750. The maximum absolute atomic E-state index is 4.40. The molecule has 1 aromatic heterocycles. The van der Waals surface area contributed by atoms with Crippen molar-refractivity contribution in [2.75, 3.05) is 25.0 Å². The van der Waals surface area contributed by atoms with Crippen LogP contribution in [0, 0.1) is 0 Å². The molecule has 3 heteroatoms. The zero-order valence-electron chi connectivity index (χ0n) is 11.4. The lowest BCUT2D eigenvalue weighted by molar-refractivity contribution is 0.275. The van der Waals surface area contributed by atoms with Gasteiger partial charge in [0.1, 0.15) is 5.82 Å². The standard InChI is InChI=1S/C14H25N3/c1-4-7-11-17(6-3)12-13-9-8-10-16-14(13)15-5-2/h8-10H,4-7,11-12H2,1-3H3,(H,15,16). The average molecular weight is 235 g/mol. The van der Waals surface area contributed by atoms with Gasteiger partial charge in [0.2, 0.25) is 0 Å². The number of rotatable bonds is 8. The highest BCUT2D eigenvalue weighted by molar-refractivity contribution is 5.43. The SMILES string of the molecule is CCCCN(CC)Cc1cccnc1NCC. The zero-order valence-corrected chi connectivity index (χ0v) is 11.4. The van der Waals surface area contributed by atoms with E-state index in [2.05, 4.69) is 42.0 Å². The Labute approximate surface area is 105 Å². The van der Waals surface area contributed by atoms with E-state index in [0.717, 1.165) is 25.5 Å². The minimum Gasteiger partial charge on any atom is -0.370 e. The minimum absolute atomic E-state index is 0.922. The number of aromatic nitrogens is 1. The number of unbranched alkanes of at least 4 members (excludes halogenated alkanes) is 1. The number of nitrogens with zero attached hydrogens (tertiary/aromatic N) is 2. The van der Waals surface area contributed by atoms with E-state index < -0.39 is 0 Å². The summed E-state index contributed by atoms with van der Waals surface area (Å²) in [6.45, 7) is 10.7. The highest BCUT2D eigenvalue weighted by Crippen LogP contribution is 2.14. The molecule has 1 rings (SSSR count). The van der Waals surface area contributed by atoms with Gasteiger partial charge in [0.05, 0.1) is 0 Å². The number of hydrogen-bond acceptors (Lipinski definition) is 3. The summed E-state index contributed by atoms with van der Waals surface area (Å²) in [6.07, 6.45) is 4.37. The second-order valence-corrected chi connectivity index (χ2v) is 4.26. The molecule has 0 aliphatic carbocycles. The first kappa shape index (κ1) is 14.0. The molecule has 0 unspecified atom stereocenters. The molecule has 0 saturated heterocycles. The van der Waals surface area contributed by atoms with Crippen LogP contribution in [0.1, 0.15) is 39.2 Å². The van der Waals surface area contributed by atoms with E-state index in [-0.39, 0.29) is 0 Å². The molecular formula is C14H25N3. The van der Waals surface area contributed by atoms with E-state index in [1.165, 1.54) is 24.9 Å². The Morgan fingerprint density at radius 1 is 1.29 bits per heavy atom. The smallest absolute Gasteiger partial charge is 0.130 e. The van der Waals surface area contributed by atoms with E-state index in [4.69, 9.17) is 0 Å². The van der Waals surface area contributed by atoms with Crippen LogP contribution in [0.2, 0.25) is 0 Å². The molecule has 1 N–H and O–H groups in total. The molecule has 3 nitrogen and oxygen atoms in total. The van der Waals surface area contributed by atoms with Crippen LogP contribution in [0.4, 0.5) is 5.82 Å². The highest BCUT2D eigenvalue weighted by atomic mass is 15.1. The molecular weight excluding hydrogens is 210 g/mol. The molecule has 1 aromatic rings. The van der Waals surface area contributed by atoms with E-state index in [1.54, 1.807) is 0 Å². The fourth-order valence-corrected chi connectivity index (χ4v) is 1.86. The molecule has 0 amide bonds. The lowest BCUT2D eigenvalue weighted by atomic mass is 10.2. The van der Waals surface area contributed by atoms with Crippen molar-refractivity contribution in [2.45, 2.75) is 40.2 Å². The Morgan fingerprint density at radius 2 is 2.12 bits per heavy atom. The van der Waals surface area contributed by atoms with Crippen molar-refractivity contribution >= 4 is 5.82 Å². The first-order valence-corrected chi connectivity index (χ1v) is 6.71. The summed E-state index contributed by atoms with van der Waals surface area (Å²) >= 11 is 0. The predicted molar refractivity (Wildman–Crippen MR) is 74.3 cm³/mol. The highest BCUT2D eigenvalue weighted by Gasteiger charge is 2.07. The van der Waals surface area contributed by atoms with E-state index in [1.807, 2.05) is 12.3 Å². The van der Waals surface area contributed by atoms with Crippen LogP contribution in [0.15, 0.2) is 18.3 Å². The Hall–Kier alpha value is -1.09. The third kappa shape index (κ3) is 4.73. The fourth-order valence-electron chi connectivity index (χ4n) is 1.86. The largest absolute Gasteiger partial charge is 0.370 e. The van der Waals surface area contributed by atoms with Crippen molar-refractivity contribution in [2.24, 2.45) is 0 Å². The van der Waals surface area contributed by atoms with Gasteiger partial charge in [-0.2, -0.15) is 0 Å². The topological polar surface area (TPSA) is 28.2 Å². The van der Waals surface area contributed by atoms with Gasteiger partial charge >= 0.3 is 0 Å². The van der Waals surface area contributed by atoms with Crippen molar-refractivity contribution < 1.29 is 0 Å². The van der Waals surface area contributed by atoms with Crippen molar-refractivity contribution in [3.63, 3.8) is 0 Å². The van der Waals surface area contributed by atoms with E-state index in [0.29, 0.717) is 0 Å². The Kier molecular flexibility index (Phi) is 6.63. The van der Waals surface area contributed by atoms with Gasteiger partial charge in [0, 0.05) is 24.8 Å². The minimum atomic E-state index is 0.922. The second-order valence-electron chi connectivity index (χ2n) is 4.26. The maximum Gasteiger partial charge on any atom is 0.130 e. The summed E-state index contributed by atoms with van der Waals surface area (Å²) in [4.78, 5) is 6.87. The molecule has 0 radical (unpaired) electrons. The number of pyridine rings is 1. The molecule has 96 valence electrons. The molecule has 0 aromatic carbocycles. The molecule has 0 spiro atoms. The zero-order chi connectivity index (χ0) is 12.5. The summed E-state index contributed by atoms with van der Waals surface area (Å²) in [5, 5.41) is 3.32. The van der Waals surface area contributed by atoms with Crippen LogP contribution >= 0.6 is 0 Å². The third-order valence-corrected chi connectivity index (χ3v) is 2.90. The van der Waals surface area contributed by atoms with Gasteiger partial charge in [0.15, 0.2) is 0 Å². The van der Waals surface area contributed by atoms with Crippen molar-refractivity contribution in [1.29, 1.82) is 0 Å². The molecule has 0 atom stereocenters. The second kappa shape index (κ2) is 8.07. The van der Waals surface area contributed by atoms with Crippen LogP contribution < -0.4 is 5.32 Å². The van der Waals surface area contributed by atoms with Crippen molar-refractivity contribution in [3.05, 3.63) is 23.9 Å². The van der Waals surface area contributed by atoms with Crippen LogP contribution in [0.5, 0.6) is 0 Å². The molecule has 0 aliphatic rings. The molecule has 0 fully saturated rings. The molecule has 0 bridgehead atoms. The summed E-state index contributed by atoms with van der Waals surface area (Å²) in [6, 6.07) is 4.18. The predicted octanol–water partition coefficient (Wildman–Crippen LogP) is 3.14. The normalized spacial score (nSPS) is 10.8. The first-order chi connectivity index (χ1) is 8.31. The lowest BCUT2D eigenvalue weighted by Crippen LogP contribution is -2.24. The van der Waals surface area contributed by atoms with Gasteiger partial charge in [-0.15, -0.1) is 0 Å². The average Bonchev–Trinajstić information content (AvgIpc) is 2.36. The molecule has 0 aliphatic heterocycles. The number of nitrogens with one attached hydrogen (secondary N) is 1. The van der Waals surface area contributed by atoms with Gasteiger partial charge in [0.25, 0.3) is 0 Å². The summed E-state index contributed by atoms with van der Waals surface area (Å²) in [5.41, 5.74) is 1.30. The van der Waals surface area contributed by atoms with Gasteiger partial charge in [-0.3, -0.25) is 4.90 Å². The summed E-state index contributed by atoms with van der Waals surface area (Å²) in [5.74, 6) is 1.03. The van der Waals surface area contributed by atoms with E-state index >= 15 is 0 Å². The fraction of sp³-hybridized carbons (Fsp3) is 0.643. The van der Waals surface area contributed by atoms with Crippen LogP contribution in [-0.4, -0.2) is 29.5 Å².